The molecule has 0 bridgehead atoms. The monoisotopic (exact) mass is 300 g/mol. The summed E-state index contributed by atoms with van der Waals surface area (Å²) >= 11 is 0. The van der Waals surface area contributed by atoms with Crippen LogP contribution in [-0.4, -0.2) is 30.2 Å². The molecule has 1 saturated carbocycles. The molecule has 0 spiro atoms. The minimum Gasteiger partial charge on any atom is -0.468 e. The van der Waals surface area contributed by atoms with Crippen LogP contribution in [0, 0.1) is 0 Å². The van der Waals surface area contributed by atoms with Crippen molar-refractivity contribution in [3.63, 3.8) is 0 Å². The highest BCUT2D eigenvalue weighted by Crippen LogP contribution is 2.30. The first-order valence-corrected chi connectivity index (χ1v) is 7.29. The van der Waals surface area contributed by atoms with Gasteiger partial charge < -0.3 is 9.73 Å². The lowest BCUT2D eigenvalue weighted by atomic mass is 10.1. The van der Waals surface area contributed by atoms with Gasteiger partial charge in [0.1, 0.15) is 5.76 Å². The molecule has 1 fully saturated rings. The summed E-state index contributed by atoms with van der Waals surface area (Å²) < 4.78 is 43.2. The molecule has 0 saturated heterocycles. The van der Waals surface area contributed by atoms with Gasteiger partial charge >= 0.3 is 6.18 Å². The van der Waals surface area contributed by atoms with E-state index in [0.717, 1.165) is 17.9 Å². The number of hydrogen-bond acceptors (Lipinski definition) is 3. The molecule has 3 nitrogen and oxygen atoms in total. The number of alkyl halides is 3. The van der Waals surface area contributed by atoms with E-state index < -0.39 is 11.7 Å². The Morgan fingerprint density at radius 3 is 2.76 bits per heavy atom. The first kappa shape index (κ1) is 14.7. The number of rotatable bonds is 5. The van der Waals surface area contributed by atoms with E-state index in [0.29, 0.717) is 25.7 Å². The molecule has 0 radical (unpaired) electrons. The molecule has 2 heterocycles. The normalized spacial score (nSPS) is 20.6. The zero-order valence-corrected chi connectivity index (χ0v) is 11.7. The van der Waals surface area contributed by atoms with Gasteiger partial charge in [0.25, 0.3) is 0 Å². The van der Waals surface area contributed by atoms with Crippen LogP contribution in [0.2, 0.25) is 0 Å². The van der Waals surface area contributed by atoms with Crippen LogP contribution in [0.15, 0.2) is 28.4 Å². The van der Waals surface area contributed by atoms with Gasteiger partial charge in [0.15, 0.2) is 0 Å². The summed E-state index contributed by atoms with van der Waals surface area (Å²) in [7, 11) is 0. The third kappa shape index (κ3) is 3.89. The molecular formula is C15H19F3N2O. The minimum atomic E-state index is -4.18. The Bertz CT molecular complexity index is 517. The van der Waals surface area contributed by atoms with Crippen molar-refractivity contribution in [3.05, 3.63) is 35.3 Å². The lowest BCUT2D eigenvalue weighted by Gasteiger charge is -2.26. The fraction of sp³-hybridized carbons (Fsp3) is 0.600. The van der Waals surface area contributed by atoms with E-state index in [4.69, 9.17) is 4.42 Å². The van der Waals surface area contributed by atoms with Crippen molar-refractivity contribution in [2.75, 3.05) is 13.1 Å². The second-order valence-electron chi connectivity index (χ2n) is 5.74. The fourth-order valence-corrected chi connectivity index (χ4v) is 2.52. The zero-order chi connectivity index (χ0) is 14.9. The minimum absolute atomic E-state index is 0.0554. The van der Waals surface area contributed by atoms with Crippen molar-refractivity contribution in [2.45, 2.75) is 44.6 Å². The van der Waals surface area contributed by atoms with Crippen LogP contribution in [0.25, 0.3) is 0 Å². The maximum Gasteiger partial charge on any atom is 0.412 e. The highest BCUT2D eigenvalue weighted by atomic mass is 19.4. The van der Waals surface area contributed by atoms with Crippen molar-refractivity contribution >= 4 is 0 Å². The molecule has 21 heavy (non-hydrogen) atoms. The standard InChI is InChI=1S/C15H19F3N2O/c16-15(17,18)12-3-6-20(7-4-12)10-14-11(5-8-21-14)9-19-13-1-2-13/h3,5,8,13,19H,1-2,4,6-7,9-10H2. The number of nitrogens with zero attached hydrogens (tertiary/aromatic N) is 1. The van der Waals surface area contributed by atoms with Crippen LogP contribution in [0.3, 0.4) is 0 Å². The van der Waals surface area contributed by atoms with Crippen molar-refractivity contribution in [2.24, 2.45) is 0 Å². The van der Waals surface area contributed by atoms with Gasteiger partial charge in [0, 0.05) is 36.8 Å². The molecular weight excluding hydrogens is 281 g/mol. The van der Waals surface area contributed by atoms with E-state index in [2.05, 4.69) is 5.32 Å². The maximum atomic E-state index is 12.6. The number of furan rings is 1. The predicted octanol–water partition coefficient (Wildman–Crippen LogP) is 3.23. The zero-order valence-electron chi connectivity index (χ0n) is 11.7. The van der Waals surface area contributed by atoms with Crippen molar-refractivity contribution in [1.82, 2.24) is 10.2 Å². The number of nitrogens with one attached hydrogen (secondary N) is 1. The van der Waals surface area contributed by atoms with Crippen molar-refractivity contribution in [1.29, 1.82) is 0 Å². The average Bonchev–Trinajstić information content (AvgIpc) is 3.17. The van der Waals surface area contributed by atoms with Crippen LogP contribution in [0.4, 0.5) is 13.2 Å². The van der Waals surface area contributed by atoms with Crippen LogP contribution < -0.4 is 5.32 Å². The molecule has 1 aromatic heterocycles. The summed E-state index contributed by atoms with van der Waals surface area (Å²) in [4.78, 5) is 1.98. The van der Waals surface area contributed by atoms with Gasteiger partial charge in [-0.1, -0.05) is 6.08 Å². The largest absolute Gasteiger partial charge is 0.468 e. The molecule has 1 aromatic rings. The Labute approximate surface area is 121 Å². The Balaban J connectivity index is 1.55. The van der Waals surface area contributed by atoms with E-state index >= 15 is 0 Å². The summed E-state index contributed by atoms with van der Waals surface area (Å²) in [6.45, 7) is 2.08. The summed E-state index contributed by atoms with van der Waals surface area (Å²) in [5.41, 5.74) is 0.696. The van der Waals surface area contributed by atoms with Crippen LogP contribution in [0.1, 0.15) is 30.6 Å². The second-order valence-corrected chi connectivity index (χ2v) is 5.74. The molecule has 0 atom stereocenters. The fourth-order valence-electron chi connectivity index (χ4n) is 2.52. The predicted molar refractivity (Wildman–Crippen MR) is 72.6 cm³/mol. The van der Waals surface area contributed by atoms with E-state index in [-0.39, 0.29) is 6.42 Å². The molecule has 1 aliphatic carbocycles. The number of halogens is 3. The molecule has 6 heteroatoms. The quantitative estimate of drug-likeness (QED) is 0.846. The van der Waals surface area contributed by atoms with E-state index in [1.807, 2.05) is 11.0 Å². The van der Waals surface area contributed by atoms with E-state index in [9.17, 15) is 13.2 Å². The van der Waals surface area contributed by atoms with Gasteiger partial charge in [-0.05, 0) is 25.3 Å². The highest BCUT2D eigenvalue weighted by molar-refractivity contribution is 5.19. The first-order valence-electron chi connectivity index (χ1n) is 7.29. The highest BCUT2D eigenvalue weighted by Gasteiger charge is 2.34. The topological polar surface area (TPSA) is 28.4 Å². The molecule has 0 aromatic carbocycles. The third-order valence-corrected chi connectivity index (χ3v) is 4.02. The summed E-state index contributed by atoms with van der Waals surface area (Å²) in [5, 5.41) is 3.42. The average molecular weight is 300 g/mol. The van der Waals surface area contributed by atoms with Gasteiger partial charge in [-0.25, -0.2) is 0 Å². The van der Waals surface area contributed by atoms with Crippen LogP contribution >= 0.6 is 0 Å². The van der Waals surface area contributed by atoms with E-state index in [1.54, 1.807) is 6.26 Å². The van der Waals surface area contributed by atoms with Gasteiger partial charge in [0.05, 0.1) is 12.8 Å². The number of hydrogen-bond donors (Lipinski definition) is 1. The Morgan fingerprint density at radius 1 is 1.33 bits per heavy atom. The molecule has 1 aliphatic heterocycles. The molecule has 2 aliphatic rings. The van der Waals surface area contributed by atoms with Gasteiger partial charge in [-0.2, -0.15) is 13.2 Å². The molecule has 1 N–H and O–H groups in total. The smallest absolute Gasteiger partial charge is 0.412 e. The maximum absolute atomic E-state index is 12.6. The van der Waals surface area contributed by atoms with Crippen molar-refractivity contribution in [3.8, 4) is 0 Å². The SMILES string of the molecule is FC(F)(F)C1=CCN(Cc2occc2CNC2CC2)CC1. The molecule has 0 unspecified atom stereocenters. The molecule has 3 rings (SSSR count). The second kappa shape index (κ2) is 5.85. The molecule has 0 amide bonds. The Hall–Kier alpha value is -1.27. The first-order chi connectivity index (χ1) is 10.0. The lowest BCUT2D eigenvalue weighted by molar-refractivity contribution is -0.0961. The Kier molecular flexibility index (Phi) is 4.08. The third-order valence-electron chi connectivity index (χ3n) is 4.02. The van der Waals surface area contributed by atoms with Crippen molar-refractivity contribution < 1.29 is 17.6 Å². The Morgan fingerprint density at radius 2 is 2.14 bits per heavy atom. The van der Waals surface area contributed by atoms with Crippen LogP contribution in [0.5, 0.6) is 0 Å². The van der Waals surface area contributed by atoms with Crippen LogP contribution in [-0.2, 0) is 13.1 Å². The summed E-state index contributed by atoms with van der Waals surface area (Å²) in [5.74, 6) is 0.854. The van der Waals surface area contributed by atoms with Gasteiger partial charge in [0.2, 0.25) is 0 Å². The summed E-state index contributed by atoms with van der Waals surface area (Å²) in [6, 6.07) is 2.56. The van der Waals surface area contributed by atoms with Gasteiger partial charge in [-0.3, -0.25) is 4.90 Å². The molecule has 116 valence electrons. The van der Waals surface area contributed by atoms with Gasteiger partial charge in [-0.15, -0.1) is 0 Å². The lowest BCUT2D eigenvalue weighted by Crippen LogP contribution is -2.31. The van der Waals surface area contributed by atoms with E-state index in [1.165, 1.54) is 18.9 Å². The summed E-state index contributed by atoms with van der Waals surface area (Å²) in [6.07, 6.45) is 1.26.